The maximum atomic E-state index is 12.8. The Balaban J connectivity index is 1.39. The van der Waals surface area contributed by atoms with E-state index in [1.54, 1.807) is 25.0 Å². The van der Waals surface area contributed by atoms with Crippen molar-refractivity contribution in [3.8, 4) is 5.82 Å². The van der Waals surface area contributed by atoms with Crippen LogP contribution < -0.4 is 10.2 Å². The Morgan fingerprint density at radius 2 is 1.94 bits per heavy atom. The smallest absolute Gasteiger partial charge is 0.343 e. The molecular formula is C19H23N9O3. The standard InChI is InChI=1S/C19H23N9O3/c1-3-31-19(30)14-9-23-26(2)17(14)25-18(29)13-4-6-27(7-5-13)15-8-16(22-11-21-15)28-12-20-10-24-28/h8-13H,3-7H2,1-2H3,(H,25,29). The number of hydrogen-bond donors (Lipinski definition) is 1. The van der Waals surface area contributed by atoms with Crippen LogP contribution >= 0.6 is 0 Å². The number of anilines is 2. The zero-order valence-corrected chi connectivity index (χ0v) is 17.3. The summed E-state index contributed by atoms with van der Waals surface area (Å²) < 4.78 is 8.07. The maximum Gasteiger partial charge on any atom is 0.343 e. The Hall–Kier alpha value is -3.83. The number of hydrogen-bond acceptors (Lipinski definition) is 9. The van der Waals surface area contributed by atoms with Crippen LogP contribution in [0.15, 0.2) is 31.2 Å². The van der Waals surface area contributed by atoms with Gasteiger partial charge in [0.05, 0.1) is 12.8 Å². The molecule has 4 rings (SSSR count). The van der Waals surface area contributed by atoms with Crippen LogP contribution in [-0.2, 0) is 16.6 Å². The summed E-state index contributed by atoms with van der Waals surface area (Å²) in [6, 6.07) is 1.84. The summed E-state index contributed by atoms with van der Waals surface area (Å²) in [7, 11) is 1.67. The summed E-state index contributed by atoms with van der Waals surface area (Å²) in [5.41, 5.74) is 0.247. The highest BCUT2D eigenvalue weighted by molar-refractivity contribution is 6.00. The molecule has 1 aliphatic heterocycles. The summed E-state index contributed by atoms with van der Waals surface area (Å²) in [5.74, 6) is 0.921. The molecule has 0 bridgehead atoms. The van der Waals surface area contributed by atoms with E-state index in [4.69, 9.17) is 4.74 Å². The molecule has 0 atom stereocenters. The van der Waals surface area contributed by atoms with Gasteiger partial charge in [-0.3, -0.25) is 9.48 Å². The lowest BCUT2D eigenvalue weighted by molar-refractivity contribution is -0.120. The largest absolute Gasteiger partial charge is 0.462 e. The number of nitrogens with zero attached hydrogens (tertiary/aromatic N) is 8. The third-order valence-corrected chi connectivity index (χ3v) is 5.16. The fraction of sp³-hybridized carbons (Fsp3) is 0.421. The first-order chi connectivity index (χ1) is 15.1. The summed E-state index contributed by atoms with van der Waals surface area (Å²) in [6.07, 6.45) is 7.22. The van der Waals surface area contributed by atoms with Gasteiger partial charge in [-0.1, -0.05) is 0 Å². The average molecular weight is 425 g/mol. The van der Waals surface area contributed by atoms with Crippen LogP contribution in [-0.4, -0.2) is 66.1 Å². The van der Waals surface area contributed by atoms with Crippen molar-refractivity contribution in [3.05, 3.63) is 36.8 Å². The summed E-state index contributed by atoms with van der Waals surface area (Å²) in [4.78, 5) is 39.5. The predicted molar refractivity (Wildman–Crippen MR) is 110 cm³/mol. The number of carbonyl (C=O) groups is 2. The van der Waals surface area contributed by atoms with E-state index in [1.807, 2.05) is 6.07 Å². The molecule has 0 aliphatic carbocycles. The zero-order chi connectivity index (χ0) is 21.8. The number of aryl methyl sites for hydroxylation is 1. The molecule has 0 radical (unpaired) electrons. The number of carbonyl (C=O) groups excluding carboxylic acids is 2. The van der Waals surface area contributed by atoms with Crippen molar-refractivity contribution in [2.24, 2.45) is 13.0 Å². The monoisotopic (exact) mass is 425 g/mol. The van der Waals surface area contributed by atoms with Gasteiger partial charge in [0.1, 0.15) is 36.2 Å². The third kappa shape index (κ3) is 4.37. The van der Waals surface area contributed by atoms with Crippen molar-refractivity contribution in [2.75, 3.05) is 29.9 Å². The van der Waals surface area contributed by atoms with Crippen LogP contribution in [0.5, 0.6) is 0 Å². The number of aromatic nitrogens is 7. The zero-order valence-electron chi connectivity index (χ0n) is 17.3. The molecule has 0 unspecified atom stereocenters. The van der Waals surface area contributed by atoms with Crippen LogP contribution in [0.2, 0.25) is 0 Å². The molecule has 3 aromatic heterocycles. The van der Waals surface area contributed by atoms with Crippen LogP contribution in [0.3, 0.4) is 0 Å². The second kappa shape index (κ2) is 8.90. The third-order valence-electron chi connectivity index (χ3n) is 5.16. The molecule has 0 aromatic carbocycles. The van der Waals surface area contributed by atoms with E-state index in [2.05, 4.69) is 35.4 Å². The molecule has 162 valence electrons. The van der Waals surface area contributed by atoms with Crippen molar-refractivity contribution in [1.82, 2.24) is 34.5 Å². The second-order valence-electron chi connectivity index (χ2n) is 7.08. The van der Waals surface area contributed by atoms with Gasteiger partial charge >= 0.3 is 5.97 Å². The Kier molecular flexibility index (Phi) is 5.87. The SMILES string of the molecule is CCOC(=O)c1cnn(C)c1NC(=O)C1CCN(c2cc(-n3cncn3)ncn2)CC1. The van der Waals surface area contributed by atoms with Gasteiger partial charge in [-0.15, -0.1) is 0 Å². The molecule has 4 heterocycles. The molecule has 12 heteroatoms. The molecule has 1 aliphatic rings. The van der Waals surface area contributed by atoms with Gasteiger partial charge in [0.15, 0.2) is 5.82 Å². The van der Waals surface area contributed by atoms with Gasteiger partial charge in [0.2, 0.25) is 5.91 Å². The quantitative estimate of drug-likeness (QED) is 0.570. The van der Waals surface area contributed by atoms with Gasteiger partial charge in [0.25, 0.3) is 0 Å². The summed E-state index contributed by atoms with van der Waals surface area (Å²) >= 11 is 0. The van der Waals surface area contributed by atoms with Crippen molar-refractivity contribution >= 4 is 23.5 Å². The molecule has 1 amide bonds. The number of nitrogens with one attached hydrogen (secondary N) is 1. The Morgan fingerprint density at radius 1 is 1.16 bits per heavy atom. The molecule has 1 fully saturated rings. The van der Waals surface area contributed by atoms with Gasteiger partial charge in [-0.2, -0.15) is 10.2 Å². The normalized spacial score (nSPS) is 14.5. The van der Waals surface area contributed by atoms with E-state index in [-0.39, 0.29) is 24.0 Å². The lowest BCUT2D eigenvalue weighted by Gasteiger charge is -2.32. The Morgan fingerprint density at radius 3 is 2.65 bits per heavy atom. The van der Waals surface area contributed by atoms with E-state index < -0.39 is 5.97 Å². The predicted octanol–water partition coefficient (Wildman–Crippen LogP) is 0.823. The fourth-order valence-corrected chi connectivity index (χ4v) is 3.50. The number of esters is 1. The first-order valence-corrected chi connectivity index (χ1v) is 9.98. The lowest BCUT2D eigenvalue weighted by atomic mass is 9.96. The van der Waals surface area contributed by atoms with Gasteiger partial charge in [-0.25, -0.2) is 24.4 Å². The molecule has 12 nitrogen and oxygen atoms in total. The number of amides is 1. The fourth-order valence-electron chi connectivity index (χ4n) is 3.50. The highest BCUT2D eigenvalue weighted by Crippen LogP contribution is 2.24. The van der Waals surface area contributed by atoms with Crippen LogP contribution in [0.4, 0.5) is 11.6 Å². The van der Waals surface area contributed by atoms with Crippen LogP contribution in [0.25, 0.3) is 5.82 Å². The summed E-state index contributed by atoms with van der Waals surface area (Å²) in [6.45, 7) is 3.32. The molecule has 1 saturated heterocycles. The second-order valence-corrected chi connectivity index (χ2v) is 7.08. The van der Waals surface area contributed by atoms with E-state index in [1.165, 1.54) is 23.5 Å². The topological polar surface area (TPSA) is 133 Å². The van der Waals surface area contributed by atoms with E-state index >= 15 is 0 Å². The minimum Gasteiger partial charge on any atom is -0.462 e. The molecule has 0 saturated carbocycles. The molecule has 3 aromatic rings. The Bertz CT molecular complexity index is 1060. The van der Waals surface area contributed by atoms with Crippen molar-refractivity contribution in [1.29, 1.82) is 0 Å². The molecule has 31 heavy (non-hydrogen) atoms. The van der Waals surface area contributed by atoms with Crippen molar-refractivity contribution in [2.45, 2.75) is 19.8 Å². The average Bonchev–Trinajstić information content (AvgIpc) is 3.45. The van der Waals surface area contributed by atoms with E-state index in [9.17, 15) is 9.59 Å². The number of piperidine rings is 1. The van der Waals surface area contributed by atoms with E-state index in [0.717, 1.165) is 5.82 Å². The first kappa shape index (κ1) is 20.4. The number of rotatable bonds is 6. The molecule has 1 N–H and O–H groups in total. The maximum absolute atomic E-state index is 12.8. The summed E-state index contributed by atoms with van der Waals surface area (Å²) in [5, 5.41) is 11.0. The minimum atomic E-state index is -0.507. The molecule has 0 spiro atoms. The number of ether oxygens (including phenoxy) is 1. The highest BCUT2D eigenvalue weighted by Gasteiger charge is 2.28. The van der Waals surface area contributed by atoms with Gasteiger partial charge < -0.3 is 15.0 Å². The lowest BCUT2D eigenvalue weighted by Crippen LogP contribution is -2.39. The minimum absolute atomic E-state index is 0.139. The van der Waals surface area contributed by atoms with Crippen LogP contribution in [0, 0.1) is 5.92 Å². The first-order valence-electron chi connectivity index (χ1n) is 9.98. The van der Waals surface area contributed by atoms with Gasteiger partial charge in [-0.05, 0) is 19.8 Å². The van der Waals surface area contributed by atoms with Crippen molar-refractivity contribution < 1.29 is 14.3 Å². The Labute approximate surface area is 178 Å². The van der Waals surface area contributed by atoms with Gasteiger partial charge in [0, 0.05) is 32.1 Å². The van der Waals surface area contributed by atoms with Crippen LogP contribution in [0.1, 0.15) is 30.1 Å². The van der Waals surface area contributed by atoms with E-state index in [0.29, 0.717) is 37.6 Å². The van der Waals surface area contributed by atoms with Crippen molar-refractivity contribution in [3.63, 3.8) is 0 Å². The molecular weight excluding hydrogens is 402 g/mol. The highest BCUT2D eigenvalue weighted by atomic mass is 16.5.